The van der Waals surface area contributed by atoms with Crippen molar-refractivity contribution in [2.75, 3.05) is 0 Å². The molecule has 0 saturated heterocycles. The number of benzene rings is 1. The molecule has 76 valence electrons. The Morgan fingerprint density at radius 1 is 1.60 bits per heavy atom. The summed E-state index contributed by atoms with van der Waals surface area (Å²) in [6.07, 6.45) is 3.55. The summed E-state index contributed by atoms with van der Waals surface area (Å²) in [5, 5.41) is 17.3. The van der Waals surface area contributed by atoms with E-state index in [0.29, 0.717) is 5.56 Å². The molecule has 1 N–H and O–H groups in total. The van der Waals surface area contributed by atoms with E-state index in [0.717, 1.165) is 4.47 Å². The van der Waals surface area contributed by atoms with E-state index in [2.05, 4.69) is 15.9 Å². The van der Waals surface area contributed by atoms with Crippen molar-refractivity contribution in [2.45, 2.75) is 6.42 Å². The normalized spacial score (nSPS) is 10.1. The van der Waals surface area contributed by atoms with Gasteiger partial charge in [0.2, 0.25) is 0 Å². The standard InChI is InChI=1S/C11H8BrNO2/c12-9-5-4-8(3-1-2-6-13)10(7-9)11(14)15/h1,3-5,7H,2H2,(H,14,15). The van der Waals surface area contributed by atoms with E-state index in [1.807, 2.05) is 6.07 Å². The number of nitriles is 1. The predicted molar refractivity (Wildman–Crippen MR) is 60.4 cm³/mol. The van der Waals surface area contributed by atoms with Gasteiger partial charge in [-0.3, -0.25) is 0 Å². The average molecular weight is 266 g/mol. The van der Waals surface area contributed by atoms with E-state index in [1.54, 1.807) is 24.3 Å². The second-order valence-electron chi connectivity index (χ2n) is 2.80. The summed E-state index contributed by atoms with van der Waals surface area (Å²) in [6, 6.07) is 6.95. The van der Waals surface area contributed by atoms with E-state index in [1.165, 1.54) is 6.07 Å². The van der Waals surface area contributed by atoms with Crippen LogP contribution in [0.4, 0.5) is 0 Å². The Hall–Kier alpha value is -1.60. The molecule has 0 aliphatic heterocycles. The highest BCUT2D eigenvalue weighted by molar-refractivity contribution is 9.10. The molecular formula is C11H8BrNO2. The van der Waals surface area contributed by atoms with Gasteiger partial charge in [0.1, 0.15) is 0 Å². The third kappa shape index (κ3) is 3.22. The number of halogens is 1. The average Bonchev–Trinajstić information content (AvgIpc) is 2.20. The summed E-state index contributed by atoms with van der Waals surface area (Å²) in [5.74, 6) is -0.979. The Morgan fingerprint density at radius 2 is 2.33 bits per heavy atom. The highest BCUT2D eigenvalue weighted by atomic mass is 79.9. The molecule has 4 heteroatoms. The van der Waals surface area contributed by atoms with Gasteiger partial charge >= 0.3 is 5.97 Å². The molecule has 15 heavy (non-hydrogen) atoms. The van der Waals surface area contributed by atoms with Crippen LogP contribution in [0.2, 0.25) is 0 Å². The quantitative estimate of drug-likeness (QED) is 0.914. The van der Waals surface area contributed by atoms with Crippen molar-refractivity contribution in [1.29, 1.82) is 5.26 Å². The second-order valence-corrected chi connectivity index (χ2v) is 3.72. The van der Waals surface area contributed by atoms with Gasteiger partial charge in [-0.1, -0.05) is 34.1 Å². The van der Waals surface area contributed by atoms with Crippen LogP contribution in [0.25, 0.3) is 6.08 Å². The number of rotatable bonds is 3. The summed E-state index contributed by atoms with van der Waals surface area (Å²) in [7, 11) is 0. The Bertz CT molecular complexity index is 446. The van der Waals surface area contributed by atoms with Crippen LogP contribution in [-0.2, 0) is 0 Å². The minimum absolute atomic E-state index is 0.221. The van der Waals surface area contributed by atoms with Gasteiger partial charge in [0.05, 0.1) is 18.1 Å². The van der Waals surface area contributed by atoms with Crippen molar-refractivity contribution in [3.63, 3.8) is 0 Å². The molecule has 1 rings (SSSR count). The molecule has 0 aromatic heterocycles. The molecule has 3 nitrogen and oxygen atoms in total. The molecule has 0 saturated carbocycles. The number of hydrogen-bond donors (Lipinski definition) is 1. The van der Waals surface area contributed by atoms with E-state index in [9.17, 15) is 4.79 Å². The molecule has 0 unspecified atom stereocenters. The maximum Gasteiger partial charge on any atom is 0.336 e. The summed E-state index contributed by atoms with van der Waals surface area (Å²) in [4.78, 5) is 10.9. The SMILES string of the molecule is N#CCC=Cc1ccc(Br)cc1C(=O)O. The lowest BCUT2D eigenvalue weighted by Crippen LogP contribution is -1.99. The van der Waals surface area contributed by atoms with Gasteiger partial charge < -0.3 is 5.11 Å². The third-order valence-electron chi connectivity index (χ3n) is 1.75. The lowest BCUT2D eigenvalue weighted by Gasteiger charge is -2.01. The molecule has 0 bridgehead atoms. The smallest absolute Gasteiger partial charge is 0.336 e. The summed E-state index contributed by atoms with van der Waals surface area (Å²) < 4.78 is 0.720. The highest BCUT2D eigenvalue weighted by Crippen LogP contribution is 2.18. The first kappa shape index (κ1) is 11.5. The van der Waals surface area contributed by atoms with Crippen LogP contribution in [0.5, 0.6) is 0 Å². The Balaban J connectivity index is 3.07. The highest BCUT2D eigenvalue weighted by Gasteiger charge is 2.07. The lowest BCUT2D eigenvalue weighted by molar-refractivity contribution is 0.0696. The fourth-order valence-electron chi connectivity index (χ4n) is 1.10. The zero-order valence-corrected chi connectivity index (χ0v) is 9.36. The molecule has 1 aromatic carbocycles. The summed E-state index contributed by atoms with van der Waals surface area (Å²) >= 11 is 3.21. The zero-order valence-electron chi connectivity index (χ0n) is 7.77. The molecular weight excluding hydrogens is 258 g/mol. The number of carboxylic acid groups (broad SMARTS) is 1. The molecule has 1 aromatic rings. The monoisotopic (exact) mass is 265 g/mol. The van der Waals surface area contributed by atoms with Crippen LogP contribution in [0.15, 0.2) is 28.7 Å². The molecule has 0 aliphatic rings. The van der Waals surface area contributed by atoms with Gasteiger partial charge in [0.15, 0.2) is 0 Å². The number of aromatic carboxylic acids is 1. The zero-order chi connectivity index (χ0) is 11.3. The molecule has 0 atom stereocenters. The summed E-state index contributed by atoms with van der Waals surface area (Å²) in [5.41, 5.74) is 0.819. The van der Waals surface area contributed by atoms with Crippen molar-refractivity contribution < 1.29 is 9.90 Å². The van der Waals surface area contributed by atoms with Crippen molar-refractivity contribution in [3.8, 4) is 6.07 Å². The van der Waals surface area contributed by atoms with Crippen LogP contribution in [0.3, 0.4) is 0 Å². The molecule has 0 aliphatic carbocycles. The first-order valence-corrected chi connectivity index (χ1v) is 5.01. The van der Waals surface area contributed by atoms with Gasteiger partial charge in [-0.2, -0.15) is 5.26 Å². The minimum atomic E-state index is -0.979. The first-order valence-electron chi connectivity index (χ1n) is 4.21. The molecule has 0 amide bonds. The van der Waals surface area contributed by atoms with Crippen molar-refractivity contribution >= 4 is 28.0 Å². The topological polar surface area (TPSA) is 61.1 Å². The fraction of sp³-hybridized carbons (Fsp3) is 0.0909. The van der Waals surface area contributed by atoms with Crippen LogP contribution < -0.4 is 0 Å². The maximum atomic E-state index is 10.9. The van der Waals surface area contributed by atoms with Crippen LogP contribution in [0.1, 0.15) is 22.3 Å². The molecule has 0 radical (unpaired) electrons. The van der Waals surface area contributed by atoms with Gasteiger partial charge in [-0.15, -0.1) is 0 Å². The first-order chi connectivity index (χ1) is 7.15. The third-order valence-corrected chi connectivity index (χ3v) is 2.25. The number of nitrogens with zero attached hydrogens (tertiary/aromatic N) is 1. The van der Waals surface area contributed by atoms with Gasteiger partial charge in [-0.05, 0) is 17.7 Å². The Morgan fingerprint density at radius 3 is 2.93 bits per heavy atom. The maximum absolute atomic E-state index is 10.9. The second kappa shape index (κ2) is 5.32. The Kier molecular flexibility index (Phi) is 4.07. The number of hydrogen-bond acceptors (Lipinski definition) is 2. The number of allylic oxidation sites excluding steroid dienone is 1. The van der Waals surface area contributed by atoms with Crippen molar-refractivity contribution in [3.05, 3.63) is 39.9 Å². The molecule has 0 heterocycles. The van der Waals surface area contributed by atoms with Gasteiger partial charge in [0, 0.05) is 4.47 Å². The van der Waals surface area contributed by atoms with Crippen LogP contribution in [0, 0.1) is 11.3 Å². The predicted octanol–water partition coefficient (Wildman–Crippen LogP) is 3.07. The minimum Gasteiger partial charge on any atom is -0.478 e. The van der Waals surface area contributed by atoms with E-state index in [4.69, 9.17) is 10.4 Å². The number of carboxylic acids is 1. The fourth-order valence-corrected chi connectivity index (χ4v) is 1.46. The van der Waals surface area contributed by atoms with E-state index < -0.39 is 5.97 Å². The number of carbonyl (C=O) groups is 1. The van der Waals surface area contributed by atoms with Crippen molar-refractivity contribution in [1.82, 2.24) is 0 Å². The van der Waals surface area contributed by atoms with Crippen molar-refractivity contribution in [2.24, 2.45) is 0 Å². The van der Waals surface area contributed by atoms with Crippen LogP contribution in [-0.4, -0.2) is 11.1 Å². The van der Waals surface area contributed by atoms with E-state index in [-0.39, 0.29) is 12.0 Å². The van der Waals surface area contributed by atoms with E-state index >= 15 is 0 Å². The van der Waals surface area contributed by atoms with Gasteiger partial charge in [0.25, 0.3) is 0 Å². The largest absolute Gasteiger partial charge is 0.478 e. The van der Waals surface area contributed by atoms with Gasteiger partial charge in [-0.25, -0.2) is 4.79 Å². The molecule has 0 spiro atoms. The summed E-state index contributed by atoms with van der Waals surface area (Å²) in [6.45, 7) is 0. The van der Waals surface area contributed by atoms with Crippen LogP contribution >= 0.6 is 15.9 Å². The molecule has 0 fully saturated rings. The lowest BCUT2D eigenvalue weighted by atomic mass is 10.1. The Labute approximate surface area is 95.8 Å².